The van der Waals surface area contributed by atoms with Crippen molar-refractivity contribution in [3.63, 3.8) is 0 Å². The summed E-state index contributed by atoms with van der Waals surface area (Å²) in [5, 5.41) is 11.7. The standard InChI is InChI=1S/C62H86O6.C36H72Br2O2.C13H8O2/c63-61-57-37-27-25-35-53(57)55-41-39-51(49-59(55)61)67-47-33-23-17-11-5-3-9-15-21-31-45-65-43-29-19-13-7-1-2-8-14-20-30-44-66-46-32-22-16-10-4-6-12-18-24-34-48-68-52-40-42-56-54-36-26-28-38-58(54)62(64)60(56)50-52;37-31-25-19-13-7-1-3-9-15-21-27-33-39-35-29-23-17-11-5-6-12-18-24-30-36-40-34-28-22-16-10-4-2-8-14-20-26-32-38;14-8-5-6-10-9-3-1-2-4-11(9)13(15)12(10)7-8/h25-28,35-42,49-50H,1-24,29-34,43-48H2;1-36H2;1-7,14H. The summed E-state index contributed by atoms with van der Waals surface area (Å²) in [6, 6.07) is 40.0. The van der Waals surface area contributed by atoms with Crippen molar-refractivity contribution >= 4 is 49.2 Å². The van der Waals surface area contributed by atoms with Gasteiger partial charge < -0.3 is 33.5 Å². The Morgan fingerprint density at radius 1 is 0.179 bits per heavy atom. The number of ketones is 3. The number of hydrogen-bond acceptors (Lipinski definition) is 10. The van der Waals surface area contributed by atoms with E-state index in [0.29, 0.717) is 18.8 Å². The minimum absolute atomic E-state index is 0.00324. The second-order valence-electron chi connectivity index (χ2n) is 35.5. The summed E-state index contributed by atoms with van der Waals surface area (Å²) in [6.45, 7) is 9.10. The average Bonchev–Trinajstić information content (AvgIpc) is 1.64. The van der Waals surface area contributed by atoms with Crippen LogP contribution < -0.4 is 9.47 Å². The number of carbonyl (C=O) groups excluding carboxylic acids is 3. The van der Waals surface area contributed by atoms with E-state index in [1.165, 1.54) is 389 Å². The zero-order valence-electron chi connectivity index (χ0n) is 76.9. The normalized spacial score (nSPS) is 12.1. The number of benzene rings is 6. The molecule has 0 heterocycles. The molecule has 10 nitrogen and oxygen atoms in total. The molecule has 0 aromatic heterocycles. The van der Waals surface area contributed by atoms with Crippen LogP contribution in [0.25, 0.3) is 33.4 Å². The van der Waals surface area contributed by atoms with E-state index in [4.69, 9.17) is 28.4 Å². The first-order chi connectivity index (χ1) is 60.9. The average molecular weight is 1820 g/mol. The monoisotopic (exact) mass is 1820 g/mol. The van der Waals surface area contributed by atoms with Crippen molar-refractivity contribution in [1.29, 1.82) is 0 Å². The minimum atomic E-state index is -0.00324. The second kappa shape index (κ2) is 71.5. The van der Waals surface area contributed by atoms with Gasteiger partial charge in [-0.15, -0.1) is 0 Å². The molecule has 3 aliphatic carbocycles. The zero-order valence-corrected chi connectivity index (χ0v) is 80.1. The molecule has 0 saturated heterocycles. The SMILES string of the molecule is BrCCCCCCCCCCCCOCCCCCCCCCCCCOCCCCCCCCCCCCBr.O=C1c2ccccc2-c2ccc(O)cc21.O=C1c2ccccc2-c2ccc(OCCCCCCCCCCCCOCCCCCCCCCCCCOCCCCCCCCCCCCOc3ccc4c(c3)C(=O)c3ccccc3-4)cc21. The minimum Gasteiger partial charge on any atom is -0.508 e. The molecule has 1 N–H and O–H groups in total. The lowest BCUT2D eigenvalue weighted by atomic mass is 10.1. The van der Waals surface area contributed by atoms with Gasteiger partial charge in [-0.3, -0.25) is 14.4 Å². The molecule has 123 heavy (non-hydrogen) atoms. The largest absolute Gasteiger partial charge is 0.508 e. The van der Waals surface area contributed by atoms with Gasteiger partial charge in [0.05, 0.1) is 13.2 Å². The fraction of sp³-hybridized carbons (Fsp3) is 0.649. The number of ether oxygens (including phenoxy) is 6. The summed E-state index contributed by atoms with van der Waals surface area (Å²) in [6.07, 6.45) is 80.3. The number of phenols is 1. The Labute approximate surface area is 765 Å². The van der Waals surface area contributed by atoms with Crippen LogP contribution in [0.1, 0.15) is 433 Å². The van der Waals surface area contributed by atoms with E-state index in [0.717, 1.165) is 138 Å². The van der Waals surface area contributed by atoms with Gasteiger partial charge in [-0.05, 0) is 165 Å². The molecule has 0 bridgehead atoms. The predicted molar refractivity (Wildman–Crippen MR) is 526 cm³/mol. The first-order valence-electron chi connectivity index (χ1n) is 50.6. The van der Waals surface area contributed by atoms with Crippen molar-refractivity contribution in [1.82, 2.24) is 0 Å². The van der Waals surface area contributed by atoms with E-state index in [1.54, 1.807) is 12.1 Å². The summed E-state index contributed by atoms with van der Waals surface area (Å²) in [5.41, 5.74) is 10.4. The summed E-state index contributed by atoms with van der Waals surface area (Å²) < 4.78 is 35.5. The van der Waals surface area contributed by atoms with Gasteiger partial charge in [0.25, 0.3) is 0 Å². The van der Waals surface area contributed by atoms with Crippen LogP contribution in [0.4, 0.5) is 0 Å². The molecule has 684 valence electrons. The number of unbranched alkanes of at least 4 members (excludes halogenated alkanes) is 54. The predicted octanol–water partition coefficient (Wildman–Crippen LogP) is 33.4. The summed E-state index contributed by atoms with van der Waals surface area (Å²) in [5.74, 6) is 1.96. The van der Waals surface area contributed by atoms with Gasteiger partial charge in [0.1, 0.15) is 17.2 Å². The van der Waals surface area contributed by atoms with Gasteiger partial charge in [-0.2, -0.15) is 0 Å². The molecule has 0 fully saturated rings. The van der Waals surface area contributed by atoms with Gasteiger partial charge in [0.2, 0.25) is 0 Å². The first-order valence-corrected chi connectivity index (χ1v) is 52.9. The molecule has 0 amide bonds. The third-order valence-electron chi connectivity index (χ3n) is 25.0. The van der Waals surface area contributed by atoms with Crippen LogP contribution >= 0.6 is 31.9 Å². The lowest BCUT2D eigenvalue weighted by Gasteiger charge is -2.08. The number of alkyl halides is 2. The number of carbonyl (C=O) groups is 3. The molecule has 0 saturated carbocycles. The maximum atomic E-state index is 12.7. The van der Waals surface area contributed by atoms with Crippen LogP contribution in [0, 0.1) is 0 Å². The van der Waals surface area contributed by atoms with Crippen LogP contribution in [0.3, 0.4) is 0 Å². The molecule has 0 aliphatic heterocycles. The van der Waals surface area contributed by atoms with E-state index < -0.39 is 0 Å². The van der Waals surface area contributed by atoms with Crippen LogP contribution in [0.2, 0.25) is 0 Å². The highest BCUT2D eigenvalue weighted by atomic mass is 79.9. The quantitative estimate of drug-likeness (QED) is 0.0291. The van der Waals surface area contributed by atoms with Crippen molar-refractivity contribution in [2.45, 2.75) is 385 Å². The topological polar surface area (TPSA) is 127 Å². The summed E-state index contributed by atoms with van der Waals surface area (Å²) in [4.78, 5) is 37.4. The molecule has 9 rings (SSSR count). The highest BCUT2D eigenvalue weighted by Crippen LogP contribution is 2.41. The molecule has 0 radical (unpaired) electrons. The lowest BCUT2D eigenvalue weighted by molar-refractivity contribution is 0.103. The summed E-state index contributed by atoms with van der Waals surface area (Å²) in [7, 11) is 0. The molecule has 0 spiro atoms. The molecule has 0 atom stereocenters. The maximum Gasteiger partial charge on any atom is 0.194 e. The van der Waals surface area contributed by atoms with Crippen LogP contribution in [-0.4, -0.2) is 99.2 Å². The summed E-state index contributed by atoms with van der Waals surface area (Å²) >= 11 is 7.02. The van der Waals surface area contributed by atoms with Crippen LogP contribution in [0.15, 0.2) is 127 Å². The van der Waals surface area contributed by atoms with E-state index in [2.05, 4.69) is 31.9 Å². The number of aromatic hydroxyl groups is 1. The number of phenolic OH excluding ortho intramolecular Hbond substituents is 1. The van der Waals surface area contributed by atoms with E-state index >= 15 is 0 Å². The molecule has 0 unspecified atom stereocenters. The van der Waals surface area contributed by atoms with E-state index in [9.17, 15) is 19.5 Å². The van der Waals surface area contributed by atoms with Gasteiger partial charge >= 0.3 is 0 Å². The fourth-order valence-electron chi connectivity index (χ4n) is 17.5. The number of halogens is 2. The molecule has 3 aliphatic rings. The highest BCUT2D eigenvalue weighted by molar-refractivity contribution is 9.09. The Balaban J connectivity index is 0.000000315. The van der Waals surface area contributed by atoms with Crippen molar-refractivity contribution in [3.8, 4) is 50.6 Å². The zero-order chi connectivity index (χ0) is 86.4. The van der Waals surface area contributed by atoms with Crippen LogP contribution in [-0.2, 0) is 18.9 Å². The molecular weight excluding hydrogens is 1650 g/mol. The highest BCUT2D eigenvalue weighted by Gasteiger charge is 2.29. The Hall–Kier alpha value is -5.47. The van der Waals surface area contributed by atoms with Crippen molar-refractivity contribution < 1.29 is 47.9 Å². The molecule has 6 aromatic carbocycles. The smallest absolute Gasteiger partial charge is 0.194 e. The molecular formula is C111H166Br2O10. The third kappa shape index (κ3) is 45.9. The van der Waals surface area contributed by atoms with Crippen molar-refractivity contribution in [2.24, 2.45) is 0 Å². The van der Waals surface area contributed by atoms with E-state index in [1.807, 2.05) is 109 Å². The van der Waals surface area contributed by atoms with Crippen LogP contribution in [0.5, 0.6) is 17.2 Å². The molecule has 6 aromatic rings. The van der Waals surface area contributed by atoms with Gasteiger partial charge in [0, 0.05) is 96.9 Å². The van der Waals surface area contributed by atoms with Gasteiger partial charge in [-0.1, -0.05) is 413 Å². The molecule has 12 heteroatoms. The Bertz CT molecular complexity index is 3480. The van der Waals surface area contributed by atoms with E-state index in [-0.39, 0.29) is 23.1 Å². The Morgan fingerprint density at radius 2 is 0.350 bits per heavy atom. The van der Waals surface area contributed by atoms with Crippen molar-refractivity contribution in [2.75, 3.05) is 76.7 Å². The number of rotatable bonds is 78. The van der Waals surface area contributed by atoms with Gasteiger partial charge in [-0.25, -0.2) is 0 Å². The Kier molecular flexibility index (Phi) is 60.8. The third-order valence-corrected chi connectivity index (χ3v) is 26.1. The number of hydrogen-bond donors (Lipinski definition) is 1. The lowest BCUT2D eigenvalue weighted by Crippen LogP contribution is -1.99. The second-order valence-corrected chi connectivity index (χ2v) is 37.1. The maximum absolute atomic E-state index is 12.7. The van der Waals surface area contributed by atoms with Gasteiger partial charge in [0.15, 0.2) is 17.3 Å². The first kappa shape index (κ1) is 105. The fourth-order valence-corrected chi connectivity index (χ4v) is 18.3. The Morgan fingerprint density at radius 3 is 0.569 bits per heavy atom. The number of fused-ring (bicyclic) bond motifs is 9. The van der Waals surface area contributed by atoms with Crippen molar-refractivity contribution in [3.05, 3.63) is 161 Å².